The second-order valence-electron chi connectivity index (χ2n) is 2.60. The Bertz CT molecular complexity index is 212. The molecule has 0 aliphatic heterocycles. The quantitative estimate of drug-likeness (QED) is 0.462. The third kappa shape index (κ3) is 4.61. The number of allylic oxidation sites excluding steroid dienone is 4. The highest BCUT2D eigenvalue weighted by atomic mass is 16.1. The molecule has 0 saturated carbocycles. The largest absolute Gasteiger partial charge is 0.299 e. The highest BCUT2D eigenvalue weighted by Gasteiger charge is 1.90. The van der Waals surface area contributed by atoms with Crippen LogP contribution in [0.4, 0.5) is 0 Å². The zero-order valence-electron chi connectivity index (χ0n) is 7.54. The van der Waals surface area contributed by atoms with E-state index in [-0.39, 0.29) is 0 Å². The molecule has 0 heterocycles. The molecule has 66 valence electrons. The van der Waals surface area contributed by atoms with E-state index in [1.54, 1.807) is 0 Å². The van der Waals surface area contributed by atoms with Gasteiger partial charge in [0.15, 0.2) is 0 Å². The fourth-order valence-corrected chi connectivity index (χ4v) is 0.752. The molecule has 0 fully saturated rings. The molecule has 0 amide bonds. The minimum atomic E-state index is 0.681. The zero-order valence-corrected chi connectivity index (χ0v) is 7.54. The van der Waals surface area contributed by atoms with Gasteiger partial charge in [-0.1, -0.05) is 18.6 Å². The van der Waals surface area contributed by atoms with Crippen molar-refractivity contribution >= 4 is 12.6 Å². The number of carbonyl (C=O) groups is 2. The summed E-state index contributed by atoms with van der Waals surface area (Å²) in [6, 6.07) is 0. The summed E-state index contributed by atoms with van der Waals surface area (Å²) in [5.74, 6) is 0. The summed E-state index contributed by atoms with van der Waals surface area (Å²) in [7, 11) is 0. The van der Waals surface area contributed by atoms with Crippen molar-refractivity contribution in [2.75, 3.05) is 0 Å². The van der Waals surface area contributed by atoms with Gasteiger partial charge in [-0.15, -0.1) is 0 Å². The maximum atomic E-state index is 10.3. The molecule has 2 nitrogen and oxygen atoms in total. The summed E-state index contributed by atoms with van der Waals surface area (Å²) in [6.45, 7) is 3.79. The van der Waals surface area contributed by atoms with Crippen molar-refractivity contribution in [3.63, 3.8) is 0 Å². The van der Waals surface area contributed by atoms with Crippen LogP contribution in [-0.4, -0.2) is 12.6 Å². The fourth-order valence-electron chi connectivity index (χ4n) is 0.752. The Morgan fingerprint density at radius 3 is 2.42 bits per heavy atom. The van der Waals surface area contributed by atoms with Crippen LogP contribution in [0.15, 0.2) is 23.3 Å². The van der Waals surface area contributed by atoms with Crippen LogP contribution in [0.5, 0.6) is 0 Å². The summed E-state index contributed by atoms with van der Waals surface area (Å²) < 4.78 is 0. The Hall–Kier alpha value is -1.18. The van der Waals surface area contributed by atoms with Crippen LogP contribution < -0.4 is 0 Å². The van der Waals surface area contributed by atoms with E-state index in [0.717, 1.165) is 30.1 Å². The van der Waals surface area contributed by atoms with Gasteiger partial charge < -0.3 is 0 Å². The molecule has 0 aliphatic carbocycles. The standard InChI is InChI=1S/C10H14O2/c1-3-10(8-12)5-4-9(2)6-7-11/h5-8H,3-4H2,1-2H3. The van der Waals surface area contributed by atoms with E-state index >= 15 is 0 Å². The second kappa shape index (κ2) is 6.53. The minimum absolute atomic E-state index is 0.681. The van der Waals surface area contributed by atoms with E-state index in [1.807, 2.05) is 19.9 Å². The van der Waals surface area contributed by atoms with Gasteiger partial charge in [0.25, 0.3) is 0 Å². The third-order valence-electron chi connectivity index (χ3n) is 1.60. The molecular weight excluding hydrogens is 152 g/mol. The average Bonchev–Trinajstić information content (AvgIpc) is 2.07. The molecule has 0 bridgehead atoms. The lowest BCUT2D eigenvalue weighted by atomic mass is 10.1. The smallest absolute Gasteiger partial charge is 0.145 e. The van der Waals surface area contributed by atoms with Crippen LogP contribution in [0.3, 0.4) is 0 Å². The monoisotopic (exact) mass is 166 g/mol. The van der Waals surface area contributed by atoms with E-state index in [0.29, 0.717) is 6.42 Å². The molecule has 0 spiro atoms. The lowest BCUT2D eigenvalue weighted by Crippen LogP contribution is -1.83. The molecule has 12 heavy (non-hydrogen) atoms. The molecule has 0 aromatic rings. The van der Waals surface area contributed by atoms with Crippen LogP contribution in [0.25, 0.3) is 0 Å². The van der Waals surface area contributed by atoms with Gasteiger partial charge in [0.1, 0.15) is 12.6 Å². The van der Waals surface area contributed by atoms with Gasteiger partial charge in [-0.2, -0.15) is 0 Å². The first-order valence-corrected chi connectivity index (χ1v) is 3.99. The van der Waals surface area contributed by atoms with Crippen molar-refractivity contribution in [1.29, 1.82) is 0 Å². The molecule has 0 atom stereocenters. The minimum Gasteiger partial charge on any atom is -0.299 e. The first-order valence-electron chi connectivity index (χ1n) is 3.99. The van der Waals surface area contributed by atoms with Crippen molar-refractivity contribution in [1.82, 2.24) is 0 Å². The number of rotatable bonds is 5. The Labute approximate surface area is 73.0 Å². The summed E-state index contributed by atoms with van der Waals surface area (Å²) in [6.07, 6.45) is 6.40. The van der Waals surface area contributed by atoms with Gasteiger partial charge in [-0.05, 0) is 31.4 Å². The van der Waals surface area contributed by atoms with E-state index in [2.05, 4.69) is 0 Å². The van der Waals surface area contributed by atoms with Crippen molar-refractivity contribution in [2.45, 2.75) is 26.7 Å². The molecule has 0 saturated heterocycles. The first kappa shape index (κ1) is 10.8. The van der Waals surface area contributed by atoms with Crippen LogP contribution in [-0.2, 0) is 9.59 Å². The molecule has 0 unspecified atom stereocenters. The lowest BCUT2D eigenvalue weighted by molar-refractivity contribution is -0.105. The predicted octanol–water partition coefficient (Wildman–Crippen LogP) is 2.06. The predicted molar refractivity (Wildman–Crippen MR) is 48.9 cm³/mol. The summed E-state index contributed by atoms with van der Waals surface area (Å²) in [4.78, 5) is 20.4. The first-order chi connectivity index (χ1) is 5.74. The van der Waals surface area contributed by atoms with Gasteiger partial charge in [0.2, 0.25) is 0 Å². The van der Waals surface area contributed by atoms with Crippen LogP contribution in [0.1, 0.15) is 26.7 Å². The molecular formula is C10H14O2. The normalized spacial score (nSPS) is 12.8. The fraction of sp³-hybridized carbons (Fsp3) is 0.400. The molecule has 0 aromatic carbocycles. The van der Waals surface area contributed by atoms with Gasteiger partial charge in [0.05, 0.1) is 0 Å². The Morgan fingerprint density at radius 2 is 2.00 bits per heavy atom. The average molecular weight is 166 g/mol. The molecule has 0 N–H and O–H groups in total. The van der Waals surface area contributed by atoms with Crippen molar-refractivity contribution < 1.29 is 9.59 Å². The lowest BCUT2D eigenvalue weighted by Gasteiger charge is -1.94. The van der Waals surface area contributed by atoms with Crippen LogP contribution >= 0.6 is 0 Å². The third-order valence-corrected chi connectivity index (χ3v) is 1.60. The highest BCUT2D eigenvalue weighted by molar-refractivity contribution is 5.73. The topological polar surface area (TPSA) is 34.1 Å². The summed E-state index contributed by atoms with van der Waals surface area (Å²) in [5.41, 5.74) is 1.76. The molecule has 2 heteroatoms. The van der Waals surface area contributed by atoms with Gasteiger partial charge in [0, 0.05) is 0 Å². The zero-order chi connectivity index (χ0) is 9.40. The van der Waals surface area contributed by atoms with Gasteiger partial charge >= 0.3 is 0 Å². The molecule has 0 aromatic heterocycles. The number of carbonyl (C=O) groups excluding carboxylic acids is 2. The Kier molecular flexibility index (Phi) is 5.88. The summed E-state index contributed by atoms with van der Waals surface area (Å²) >= 11 is 0. The molecule has 0 rings (SSSR count). The van der Waals surface area contributed by atoms with Crippen molar-refractivity contribution in [3.8, 4) is 0 Å². The second-order valence-corrected chi connectivity index (χ2v) is 2.60. The van der Waals surface area contributed by atoms with E-state index in [1.165, 1.54) is 6.08 Å². The number of hydrogen-bond acceptors (Lipinski definition) is 2. The van der Waals surface area contributed by atoms with Gasteiger partial charge in [-0.3, -0.25) is 9.59 Å². The SMILES string of the molecule is CCC(C=O)=CCC(C)=CC=O. The van der Waals surface area contributed by atoms with Crippen LogP contribution in [0, 0.1) is 0 Å². The van der Waals surface area contributed by atoms with E-state index in [4.69, 9.17) is 0 Å². The Balaban J connectivity index is 4.09. The van der Waals surface area contributed by atoms with Crippen molar-refractivity contribution in [2.24, 2.45) is 0 Å². The van der Waals surface area contributed by atoms with Gasteiger partial charge in [-0.25, -0.2) is 0 Å². The van der Waals surface area contributed by atoms with Crippen LogP contribution in [0.2, 0.25) is 0 Å². The maximum absolute atomic E-state index is 10.3. The maximum Gasteiger partial charge on any atom is 0.145 e. The van der Waals surface area contributed by atoms with E-state index < -0.39 is 0 Å². The molecule has 0 aliphatic rings. The van der Waals surface area contributed by atoms with E-state index in [9.17, 15) is 9.59 Å². The number of hydrogen-bond donors (Lipinski definition) is 0. The molecule has 0 radical (unpaired) electrons. The highest BCUT2D eigenvalue weighted by Crippen LogP contribution is 2.04. The number of aldehydes is 2. The summed E-state index contributed by atoms with van der Waals surface area (Å²) in [5, 5.41) is 0. The Morgan fingerprint density at radius 1 is 1.33 bits per heavy atom. The van der Waals surface area contributed by atoms with Crippen molar-refractivity contribution in [3.05, 3.63) is 23.3 Å².